The van der Waals surface area contributed by atoms with Crippen molar-refractivity contribution < 1.29 is 14.3 Å². The predicted molar refractivity (Wildman–Crippen MR) is 81.8 cm³/mol. The normalized spacial score (nSPS) is 18.4. The van der Waals surface area contributed by atoms with Crippen molar-refractivity contribution in [1.82, 2.24) is 10.2 Å². The van der Waals surface area contributed by atoms with Gasteiger partial charge < -0.3 is 19.7 Å². The highest BCUT2D eigenvalue weighted by molar-refractivity contribution is 5.76. The van der Waals surface area contributed by atoms with Crippen LogP contribution in [0.4, 0.5) is 0 Å². The molecule has 1 aromatic rings. The molecule has 5 heteroatoms. The maximum absolute atomic E-state index is 12.1. The number of ether oxygens (including phenoxy) is 2. The minimum atomic E-state index is 0.224. The van der Waals surface area contributed by atoms with Gasteiger partial charge in [0.15, 0.2) is 0 Å². The summed E-state index contributed by atoms with van der Waals surface area (Å²) in [5.41, 5.74) is 0. The van der Waals surface area contributed by atoms with Gasteiger partial charge in [-0.15, -0.1) is 0 Å². The molecule has 1 unspecified atom stereocenters. The fraction of sp³-hybridized carbons (Fsp3) is 0.562. The lowest BCUT2D eigenvalue weighted by Gasteiger charge is -2.34. The molecular weight excluding hydrogens is 268 g/mol. The molecule has 5 nitrogen and oxygen atoms in total. The highest BCUT2D eigenvalue weighted by Gasteiger charge is 2.22. The molecule has 0 bridgehead atoms. The first kappa shape index (κ1) is 15.6. The average Bonchev–Trinajstić information content (AvgIpc) is 2.52. The molecule has 0 saturated carbocycles. The number of hydrogen-bond acceptors (Lipinski definition) is 4. The maximum Gasteiger partial charge on any atom is 0.223 e. The first-order chi connectivity index (χ1) is 10.2. The van der Waals surface area contributed by atoms with Gasteiger partial charge in [-0.05, 0) is 37.6 Å². The molecular formula is C16H24N2O3. The summed E-state index contributed by atoms with van der Waals surface area (Å²) in [6.07, 6.45) is 1.28. The standard InChI is InChI=1S/C16H24N2O3/c1-13-12-17-9-10-18(13)16(19)4-3-11-21-15-7-5-14(20-2)6-8-15/h5-8,13,17H,3-4,9-12H2,1-2H3. The van der Waals surface area contributed by atoms with Crippen LogP contribution in [0.15, 0.2) is 24.3 Å². The van der Waals surface area contributed by atoms with E-state index in [0.29, 0.717) is 13.0 Å². The minimum absolute atomic E-state index is 0.224. The Balaban J connectivity index is 1.67. The highest BCUT2D eigenvalue weighted by atomic mass is 16.5. The van der Waals surface area contributed by atoms with Gasteiger partial charge in [0.2, 0.25) is 5.91 Å². The Bertz CT molecular complexity index is 447. The zero-order valence-electron chi connectivity index (χ0n) is 12.8. The molecule has 1 N–H and O–H groups in total. The van der Waals surface area contributed by atoms with Crippen LogP contribution in [-0.4, -0.2) is 50.2 Å². The smallest absolute Gasteiger partial charge is 0.223 e. The lowest BCUT2D eigenvalue weighted by atomic mass is 10.2. The first-order valence-electron chi connectivity index (χ1n) is 7.47. The van der Waals surface area contributed by atoms with E-state index in [2.05, 4.69) is 12.2 Å². The summed E-state index contributed by atoms with van der Waals surface area (Å²) < 4.78 is 10.7. The van der Waals surface area contributed by atoms with E-state index in [0.717, 1.165) is 37.6 Å². The van der Waals surface area contributed by atoms with Crippen molar-refractivity contribution in [3.8, 4) is 11.5 Å². The van der Waals surface area contributed by atoms with Crippen molar-refractivity contribution in [3.05, 3.63) is 24.3 Å². The predicted octanol–water partition coefficient (Wildman–Crippen LogP) is 1.67. The van der Waals surface area contributed by atoms with Crippen molar-refractivity contribution in [3.63, 3.8) is 0 Å². The quantitative estimate of drug-likeness (QED) is 0.811. The molecule has 1 aliphatic heterocycles. The number of carbonyl (C=O) groups is 1. The van der Waals surface area contributed by atoms with Gasteiger partial charge in [0.05, 0.1) is 13.7 Å². The van der Waals surface area contributed by atoms with Crippen LogP contribution in [0, 0.1) is 0 Å². The van der Waals surface area contributed by atoms with Crippen molar-refractivity contribution in [2.24, 2.45) is 0 Å². The lowest BCUT2D eigenvalue weighted by molar-refractivity contribution is -0.134. The van der Waals surface area contributed by atoms with Gasteiger partial charge in [-0.3, -0.25) is 4.79 Å². The van der Waals surface area contributed by atoms with Crippen LogP contribution in [0.3, 0.4) is 0 Å². The molecule has 0 aromatic heterocycles. The Morgan fingerprint density at radius 2 is 2.05 bits per heavy atom. The molecule has 2 rings (SSSR count). The van der Waals surface area contributed by atoms with Crippen LogP contribution in [-0.2, 0) is 4.79 Å². The maximum atomic E-state index is 12.1. The van der Waals surface area contributed by atoms with E-state index >= 15 is 0 Å². The van der Waals surface area contributed by atoms with Gasteiger partial charge in [0, 0.05) is 32.1 Å². The summed E-state index contributed by atoms with van der Waals surface area (Å²) in [5, 5.41) is 3.29. The fourth-order valence-corrected chi connectivity index (χ4v) is 2.44. The molecule has 1 aliphatic rings. The Morgan fingerprint density at radius 3 is 2.71 bits per heavy atom. The zero-order valence-corrected chi connectivity index (χ0v) is 12.8. The Morgan fingerprint density at radius 1 is 1.33 bits per heavy atom. The SMILES string of the molecule is COc1ccc(OCCCC(=O)N2CCNCC2C)cc1. The number of methoxy groups -OCH3 is 1. The molecule has 0 aliphatic carbocycles. The second kappa shape index (κ2) is 7.88. The second-order valence-corrected chi connectivity index (χ2v) is 5.27. The number of carbonyl (C=O) groups excluding carboxylic acids is 1. The molecule has 1 amide bonds. The summed E-state index contributed by atoms with van der Waals surface area (Å²) in [4.78, 5) is 14.1. The van der Waals surface area contributed by atoms with Crippen LogP contribution in [0.5, 0.6) is 11.5 Å². The number of piperazine rings is 1. The zero-order chi connectivity index (χ0) is 15.1. The molecule has 1 aromatic carbocycles. The van der Waals surface area contributed by atoms with E-state index in [4.69, 9.17) is 9.47 Å². The van der Waals surface area contributed by atoms with E-state index in [1.807, 2.05) is 29.2 Å². The molecule has 1 fully saturated rings. The number of amides is 1. The molecule has 0 spiro atoms. The van der Waals surface area contributed by atoms with Gasteiger partial charge in [-0.25, -0.2) is 0 Å². The summed E-state index contributed by atoms with van der Waals surface area (Å²) in [5.74, 6) is 1.84. The number of nitrogens with one attached hydrogen (secondary N) is 1. The Kier molecular flexibility index (Phi) is 5.87. The summed E-state index contributed by atoms with van der Waals surface area (Å²) in [6.45, 7) is 5.21. The Labute approximate surface area is 126 Å². The van der Waals surface area contributed by atoms with Crippen molar-refractivity contribution >= 4 is 5.91 Å². The number of nitrogens with zero attached hydrogens (tertiary/aromatic N) is 1. The van der Waals surface area contributed by atoms with Crippen molar-refractivity contribution in [2.45, 2.75) is 25.8 Å². The third-order valence-corrected chi connectivity index (χ3v) is 3.68. The first-order valence-corrected chi connectivity index (χ1v) is 7.47. The van der Waals surface area contributed by atoms with E-state index < -0.39 is 0 Å². The highest BCUT2D eigenvalue weighted by Crippen LogP contribution is 2.17. The topological polar surface area (TPSA) is 50.8 Å². The minimum Gasteiger partial charge on any atom is -0.497 e. The largest absolute Gasteiger partial charge is 0.497 e. The molecule has 21 heavy (non-hydrogen) atoms. The average molecular weight is 292 g/mol. The molecule has 0 radical (unpaired) electrons. The third-order valence-electron chi connectivity index (χ3n) is 3.68. The number of rotatable bonds is 6. The summed E-state index contributed by atoms with van der Waals surface area (Å²) in [6, 6.07) is 7.76. The van der Waals surface area contributed by atoms with E-state index in [1.165, 1.54) is 0 Å². The molecule has 1 saturated heterocycles. The molecule has 1 heterocycles. The van der Waals surface area contributed by atoms with E-state index in [1.54, 1.807) is 7.11 Å². The van der Waals surface area contributed by atoms with Gasteiger partial charge in [-0.1, -0.05) is 0 Å². The summed E-state index contributed by atoms with van der Waals surface area (Å²) in [7, 11) is 1.64. The van der Waals surface area contributed by atoms with Crippen LogP contribution in [0.25, 0.3) is 0 Å². The van der Waals surface area contributed by atoms with Crippen molar-refractivity contribution in [2.75, 3.05) is 33.4 Å². The van der Waals surface area contributed by atoms with E-state index in [9.17, 15) is 4.79 Å². The van der Waals surface area contributed by atoms with E-state index in [-0.39, 0.29) is 11.9 Å². The third kappa shape index (κ3) is 4.63. The van der Waals surface area contributed by atoms with Crippen LogP contribution in [0.2, 0.25) is 0 Å². The van der Waals surface area contributed by atoms with Gasteiger partial charge in [0.25, 0.3) is 0 Å². The van der Waals surface area contributed by atoms with Crippen LogP contribution >= 0.6 is 0 Å². The van der Waals surface area contributed by atoms with Gasteiger partial charge in [-0.2, -0.15) is 0 Å². The molecule has 1 atom stereocenters. The van der Waals surface area contributed by atoms with Gasteiger partial charge in [0.1, 0.15) is 11.5 Å². The van der Waals surface area contributed by atoms with Crippen LogP contribution < -0.4 is 14.8 Å². The second-order valence-electron chi connectivity index (χ2n) is 5.27. The summed E-state index contributed by atoms with van der Waals surface area (Å²) >= 11 is 0. The number of hydrogen-bond donors (Lipinski definition) is 1. The molecule has 116 valence electrons. The number of benzene rings is 1. The van der Waals surface area contributed by atoms with Crippen molar-refractivity contribution in [1.29, 1.82) is 0 Å². The van der Waals surface area contributed by atoms with Crippen LogP contribution in [0.1, 0.15) is 19.8 Å². The monoisotopic (exact) mass is 292 g/mol. The fourth-order valence-electron chi connectivity index (χ4n) is 2.44. The Hall–Kier alpha value is -1.75. The lowest BCUT2D eigenvalue weighted by Crippen LogP contribution is -2.52. The van der Waals surface area contributed by atoms with Gasteiger partial charge >= 0.3 is 0 Å².